The van der Waals surface area contributed by atoms with Gasteiger partial charge in [-0.15, -0.1) is 0 Å². The summed E-state index contributed by atoms with van der Waals surface area (Å²) in [6.45, 7) is 2.75. The molecule has 1 amide bonds. The molecule has 0 aromatic heterocycles. The molecule has 2 aliphatic heterocycles. The van der Waals surface area contributed by atoms with E-state index in [1.165, 1.54) is 28.8 Å². The maximum atomic E-state index is 13.2. The normalized spacial score (nSPS) is 14.6. The molecule has 2 heterocycles. The zero-order valence-electron chi connectivity index (χ0n) is 20.9. The summed E-state index contributed by atoms with van der Waals surface area (Å²) >= 11 is 0. The van der Waals surface area contributed by atoms with Crippen LogP contribution in [0.15, 0.2) is 84.9 Å². The highest BCUT2D eigenvalue weighted by Gasteiger charge is 2.30. The van der Waals surface area contributed by atoms with Crippen molar-refractivity contribution in [2.24, 2.45) is 0 Å². The molecule has 0 aliphatic carbocycles. The topological polar surface area (TPSA) is 50.8 Å². The van der Waals surface area contributed by atoms with E-state index in [1.54, 1.807) is 24.3 Å². The Hall–Kier alpha value is -4.30. The van der Waals surface area contributed by atoms with Gasteiger partial charge in [0.25, 0.3) is 5.91 Å². The first kappa shape index (κ1) is 25.0. The molecule has 0 bridgehead atoms. The number of carbonyl (C=O) groups excluding carboxylic acids is 1. The molecule has 8 heteroatoms. The Balaban J connectivity index is 1.14. The summed E-state index contributed by atoms with van der Waals surface area (Å²) in [6.07, 6.45) is -3.56. The van der Waals surface area contributed by atoms with Crippen LogP contribution >= 0.6 is 0 Å². The van der Waals surface area contributed by atoms with Crippen molar-refractivity contribution in [2.45, 2.75) is 25.7 Å². The molecule has 4 aromatic carbocycles. The van der Waals surface area contributed by atoms with Gasteiger partial charge in [-0.2, -0.15) is 13.2 Å². The van der Waals surface area contributed by atoms with Crippen LogP contribution in [-0.2, 0) is 25.7 Å². The number of anilines is 1. The van der Waals surface area contributed by atoms with E-state index in [0.29, 0.717) is 22.4 Å². The zero-order chi connectivity index (χ0) is 27.0. The number of amides is 1. The van der Waals surface area contributed by atoms with Crippen LogP contribution in [0.5, 0.6) is 11.5 Å². The average Bonchev–Trinajstić information content (AvgIpc) is 3.41. The lowest BCUT2D eigenvalue weighted by Gasteiger charge is -2.29. The van der Waals surface area contributed by atoms with Crippen LogP contribution in [0.4, 0.5) is 18.9 Å². The van der Waals surface area contributed by atoms with E-state index in [1.807, 2.05) is 30.3 Å². The van der Waals surface area contributed by atoms with Crippen molar-refractivity contribution in [3.05, 3.63) is 113 Å². The molecule has 0 spiro atoms. The first-order valence-corrected chi connectivity index (χ1v) is 12.6. The number of alkyl halides is 3. The van der Waals surface area contributed by atoms with Gasteiger partial charge in [-0.25, -0.2) is 0 Å². The molecule has 2 aliphatic rings. The van der Waals surface area contributed by atoms with Crippen molar-refractivity contribution in [3.8, 4) is 22.6 Å². The van der Waals surface area contributed by atoms with Gasteiger partial charge in [-0.3, -0.25) is 9.69 Å². The third-order valence-corrected chi connectivity index (χ3v) is 7.09. The van der Waals surface area contributed by atoms with Crippen LogP contribution < -0.4 is 14.8 Å². The lowest BCUT2D eigenvalue weighted by atomic mass is 9.97. The summed E-state index contributed by atoms with van der Waals surface area (Å²) in [5.74, 6) is 1.25. The number of hydrogen-bond donors (Lipinski definition) is 1. The maximum Gasteiger partial charge on any atom is 0.416 e. The molecule has 0 saturated carbocycles. The largest absolute Gasteiger partial charge is 0.454 e. The summed E-state index contributed by atoms with van der Waals surface area (Å²) < 4.78 is 49.8. The first-order valence-electron chi connectivity index (χ1n) is 12.6. The molecule has 0 saturated heterocycles. The number of carbonyl (C=O) groups is 1. The number of nitrogens with zero attached hydrogens (tertiary/aromatic N) is 1. The fourth-order valence-electron chi connectivity index (χ4n) is 5.09. The van der Waals surface area contributed by atoms with Crippen molar-refractivity contribution in [1.29, 1.82) is 0 Å². The van der Waals surface area contributed by atoms with E-state index in [2.05, 4.69) is 16.3 Å². The molecule has 5 nitrogen and oxygen atoms in total. The molecular formula is C31H25F3N2O3. The molecule has 0 radical (unpaired) electrons. The smallest absolute Gasteiger partial charge is 0.416 e. The highest BCUT2D eigenvalue weighted by Crippen LogP contribution is 2.34. The van der Waals surface area contributed by atoms with Gasteiger partial charge in [-0.1, -0.05) is 42.5 Å². The molecule has 6 rings (SSSR count). The SMILES string of the molecule is O=C(Nc1ccc2c(c1)CCN(Cc1ccc3c(c1)OCO3)C2)c1ccccc1-c1ccc(C(F)(F)F)cc1. The molecule has 198 valence electrons. The molecule has 0 fully saturated rings. The van der Waals surface area contributed by atoms with Crippen LogP contribution in [0.2, 0.25) is 0 Å². The average molecular weight is 531 g/mol. The van der Waals surface area contributed by atoms with Crippen molar-refractivity contribution in [2.75, 3.05) is 18.7 Å². The van der Waals surface area contributed by atoms with E-state index in [9.17, 15) is 18.0 Å². The molecule has 0 atom stereocenters. The van der Waals surface area contributed by atoms with Gasteiger partial charge < -0.3 is 14.8 Å². The summed E-state index contributed by atoms with van der Waals surface area (Å²) in [5, 5.41) is 2.97. The first-order chi connectivity index (χ1) is 18.8. The number of hydrogen-bond acceptors (Lipinski definition) is 4. The monoisotopic (exact) mass is 530 g/mol. The van der Waals surface area contributed by atoms with Gasteiger partial charge >= 0.3 is 6.18 Å². The second-order valence-corrected chi connectivity index (χ2v) is 9.71. The summed E-state index contributed by atoms with van der Waals surface area (Å²) in [6, 6.07) is 23.7. The van der Waals surface area contributed by atoms with Gasteiger partial charge in [0.2, 0.25) is 6.79 Å². The van der Waals surface area contributed by atoms with Crippen LogP contribution in [0.25, 0.3) is 11.1 Å². The Bertz CT molecular complexity index is 1530. The zero-order valence-corrected chi connectivity index (χ0v) is 20.9. The van der Waals surface area contributed by atoms with Crippen LogP contribution in [0.3, 0.4) is 0 Å². The number of nitrogens with one attached hydrogen (secondary N) is 1. The number of fused-ring (bicyclic) bond motifs is 2. The van der Waals surface area contributed by atoms with E-state index in [-0.39, 0.29) is 12.7 Å². The predicted molar refractivity (Wildman–Crippen MR) is 142 cm³/mol. The lowest BCUT2D eigenvalue weighted by molar-refractivity contribution is -0.137. The van der Waals surface area contributed by atoms with E-state index >= 15 is 0 Å². The molecule has 0 unspecified atom stereocenters. The second-order valence-electron chi connectivity index (χ2n) is 9.71. The molecule has 4 aromatic rings. The third-order valence-electron chi connectivity index (χ3n) is 7.09. The third kappa shape index (κ3) is 5.33. The maximum absolute atomic E-state index is 13.2. The standard InChI is InChI=1S/C31H25F3N2O3/c32-31(33,34)24-9-6-21(7-10-24)26-3-1-2-4-27(26)30(37)35-25-11-8-23-18-36(14-13-22(23)16-25)17-20-5-12-28-29(15-20)39-19-38-28/h1-12,15-16H,13-14,17-19H2,(H,35,37). The van der Waals surface area contributed by atoms with Gasteiger partial charge in [0.15, 0.2) is 11.5 Å². The fraction of sp³-hybridized carbons (Fsp3) is 0.194. The number of benzene rings is 4. The Morgan fingerprint density at radius 2 is 1.67 bits per heavy atom. The molecular weight excluding hydrogens is 505 g/mol. The molecule has 1 N–H and O–H groups in total. The minimum absolute atomic E-state index is 0.259. The van der Waals surface area contributed by atoms with Crippen LogP contribution in [0, 0.1) is 0 Å². The van der Waals surface area contributed by atoms with Crippen LogP contribution in [0.1, 0.15) is 32.6 Å². The predicted octanol–water partition coefficient (Wildman–Crippen LogP) is 6.91. The van der Waals surface area contributed by atoms with E-state index in [0.717, 1.165) is 49.7 Å². The summed E-state index contributed by atoms with van der Waals surface area (Å²) in [4.78, 5) is 15.6. The highest BCUT2D eigenvalue weighted by atomic mass is 19.4. The van der Waals surface area contributed by atoms with Crippen molar-refractivity contribution in [1.82, 2.24) is 4.90 Å². The van der Waals surface area contributed by atoms with Gasteiger partial charge in [0.05, 0.1) is 5.56 Å². The van der Waals surface area contributed by atoms with Gasteiger partial charge in [0.1, 0.15) is 0 Å². The fourth-order valence-corrected chi connectivity index (χ4v) is 5.09. The summed E-state index contributed by atoms with van der Waals surface area (Å²) in [7, 11) is 0. The van der Waals surface area contributed by atoms with E-state index < -0.39 is 11.7 Å². The minimum Gasteiger partial charge on any atom is -0.454 e. The summed E-state index contributed by atoms with van der Waals surface area (Å²) in [5.41, 5.74) is 5.03. The van der Waals surface area contributed by atoms with Gasteiger partial charge in [0, 0.05) is 30.9 Å². The second kappa shape index (κ2) is 10.1. The Labute approximate surface area is 223 Å². The minimum atomic E-state index is -4.41. The Morgan fingerprint density at radius 1 is 0.872 bits per heavy atom. The Kier molecular flexibility index (Phi) is 6.48. The number of ether oxygens (including phenoxy) is 2. The van der Waals surface area contributed by atoms with Crippen molar-refractivity contribution < 1.29 is 27.4 Å². The molecule has 39 heavy (non-hydrogen) atoms. The van der Waals surface area contributed by atoms with E-state index in [4.69, 9.17) is 9.47 Å². The van der Waals surface area contributed by atoms with Crippen molar-refractivity contribution >= 4 is 11.6 Å². The van der Waals surface area contributed by atoms with Crippen LogP contribution in [-0.4, -0.2) is 24.1 Å². The number of rotatable bonds is 5. The lowest BCUT2D eigenvalue weighted by Crippen LogP contribution is -2.30. The highest BCUT2D eigenvalue weighted by molar-refractivity contribution is 6.08. The van der Waals surface area contributed by atoms with Gasteiger partial charge in [-0.05, 0) is 76.7 Å². The number of halogens is 3. The quantitative estimate of drug-likeness (QED) is 0.305. The Morgan fingerprint density at radius 3 is 2.49 bits per heavy atom. The van der Waals surface area contributed by atoms with Crippen molar-refractivity contribution in [3.63, 3.8) is 0 Å².